The lowest BCUT2D eigenvalue weighted by atomic mass is 9.75. The Bertz CT molecular complexity index is 2620. The van der Waals surface area contributed by atoms with E-state index in [-0.39, 0.29) is 48.7 Å². The maximum atomic E-state index is 13.2. The molecule has 0 saturated heterocycles. The highest BCUT2D eigenvalue weighted by molar-refractivity contribution is 6.09. The Labute approximate surface area is 377 Å². The summed E-state index contributed by atoms with van der Waals surface area (Å²) >= 11 is 0. The van der Waals surface area contributed by atoms with E-state index in [1.54, 1.807) is 6.92 Å². The van der Waals surface area contributed by atoms with Gasteiger partial charge in [-0.05, 0) is 114 Å². The summed E-state index contributed by atoms with van der Waals surface area (Å²) in [6.45, 7) is 9.73. The van der Waals surface area contributed by atoms with E-state index >= 15 is 0 Å². The van der Waals surface area contributed by atoms with Crippen LogP contribution >= 0.6 is 0 Å². The monoisotopic (exact) mass is 856 g/mol. The van der Waals surface area contributed by atoms with Gasteiger partial charge in [0.25, 0.3) is 0 Å². The Morgan fingerprint density at radius 3 is 2.16 bits per heavy atom. The van der Waals surface area contributed by atoms with Crippen LogP contribution in [0.2, 0.25) is 0 Å². The van der Waals surface area contributed by atoms with Gasteiger partial charge in [0, 0.05) is 45.4 Å². The van der Waals surface area contributed by atoms with Crippen molar-refractivity contribution in [2.75, 3.05) is 20.3 Å². The molecule has 2 saturated carbocycles. The maximum Gasteiger partial charge on any atom is 0.333 e. The molecule has 0 amide bonds. The number of Topliss-reactive ketones (excluding diaryl/α,β-unsaturated/α-hetero) is 1. The zero-order chi connectivity index (χ0) is 44.6. The van der Waals surface area contributed by atoms with Gasteiger partial charge in [0.2, 0.25) is 0 Å². The molecule has 330 valence electrons. The molecule has 64 heavy (non-hydrogen) atoms. The van der Waals surface area contributed by atoms with E-state index in [9.17, 15) is 14.4 Å². The minimum absolute atomic E-state index is 0.0253. The molecule has 0 N–H and O–H groups in total. The lowest BCUT2D eigenvalue weighted by Crippen LogP contribution is -2.35. The topological polar surface area (TPSA) is 88.1 Å². The molecular weight excluding hydrogens is 797 g/mol. The molecule has 9 rings (SSSR count). The minimum Gasteiger partial charge on any atom is -0.496 e. The van der Waals surface area contributed by atoms with Crippen molar-refractivity contribution in [3.63, 3.8) is 0 Å². The number of rotatable bonds is 13. The largest absolute Gasteiger partial charge is 0.496 e. The first kappa shape index (κ1) is 43.3. The van der Waals surface area contributed by atoms with Crippen LogP contribution in [0.5, 0.6) is 11.5 Å². The summed E-state index contributed by atoms with van der Waals surface area (Å²) in [7, 11) is 1.81. The predicted octanol–water partition coefficient (Wildman–Crippen LogP) is 12.8. The fourth-order valence-corrected chi connectivity index (χ4v) is 11.2. The van der Waals surface area contributed by atoms with Gasteiger partial charge in [0.15, 0.2) is 5.60 Å². The number of benzene rings is 5. The van der Waals surface area contributed by atoms with Crippen LogP contribution in [0.25, 0.3) is 28.0 Å². The number of methoxy groups -OCH3 is 1. The second-order valence-corrected chi connectivity index (χ2v) is 18.9. The van der Waals surface area contributed by atoms with Gasteiger partial charge in [-0.15, -0.1) is 0 Å². The third-order valence-corrected chi connectivity index (χ3v) is 14.6. The highest BCUT2D eigenvalue weighted by Crippen LogP contribution is 2.59. The third kappa shape index (κ3) is 7.96. The molecule has 1 unspecified atom stereocenters. The first-order valence-electron chi connectivity index (χ1n) is 23.4. The van der Waals surface area contributed by atoms with Crippen LogP contribution in [-0.4, -0.2) is 38.0 Å². The van der Waals surface area contributed by atoms with E-state index in [1.807, 2.05) is 7.11 Å². The normalized spacial score (nSPS) is 20.9. The fraction of sp³-hybridized carbons (Fsp3) is 0.386. The van der Waals surface area contributed by atoms with E-state index < -0.39 is 17.5 Å². The number of ether oxygens (including phenoxy) is 4. The van der Waals surface area contributed by atoms with E-state index in [0.717, 1.165) is 59.3 Å². The molecule has 5 aromatic rings. The molecule has 3 aliphatic carbocycles. The predicted molar refractivity (Wildman–Crippen MR) is 253 cm³/mol. The Balaban J connectivity index is 0.992. The molecule has 0 aromatic heterocycles. The lowest BCUT2D eigenvalue weighted by Gasteiger charge is -2.39. The molecule has 1 atom stereocenters. The zero-order valence-corrected chi connectivity index (χ0v) is 37.8. The van der Waals surface area contributed by atoms with Crippen molar-refractivity contribution >= 4 is 34.6 Å². The molecule has 5 aromatic carbocycles. The van der Waals surface area contributed by atoms with Crippen LogP contribution in [0, 0.1) is 5.92 Å². The van der Waals surface area contributed by atoms with Crippen molar-refractivity contribution in [1.82, 2.24) is 0 Å². The van der Waals surface area contributed by atoms with Gasteiger partial charge in [0.1, 0.15) is 30.5 Å². The summed E-state index contributed by atoms with van der Waals surface area (Å²) in [5.74, 6) is 1.70. The number of hydrogen-bond donors (Lipinski definition) is 0. The molecule has 7 heteroatoms. The van der Waals surface area contributed by atoms with Crippen molar-refractivity contribution in [2.24, 2.45) is 5.92 Å². The average molecular weight is 857 g/mol. The van der Waals surface area contributed by atoms with Gasteiger partial charge < -0.3 is 18.9 Å². The second kappa shape index (κ2) is 17.9. The van der Waals surface area contributed by atoms with Gasteiger partial charge in [-0.25, -0.2) is 4.79 Å². The van der Waals surface area contributed by atoms with Gasteiger partial charge in [-0.2, -0.15) is 0 Å². The van der Waals surface area contributed by atoms with Crippen LogP contribution in [0.4, 0.5) is 0 Å². The number of fused-ring (bicyclic) bond motifs is 8. The van der Waals surface area contributed by atoms with Crippen molar-refractivity contribution < 1.29 is 33.3 Å². The quantitative estimate of drug-likeness (QED) is 0.0662. The van der Waals surface area contributed by atoms with Crippen LogP contribution in [0.15, 0.2) is 109 Å². The SMILES string of the molecule is C=C(C)C(=O)OCCOC(=O)CCC(=O)C1CCC(c2ccc(C3(c4ccccc4)C=Cc4c5c(c6cc(C7CCCCC7)c(OC)cc6c4O3)-c3ccccc3C5(C)C)cc2)CC1. The molecule has 4 aliphatic rings. The number of ketones is 1. The summed E-state index contributed by atoms with van der Waals surface area (Å²) in [4.78, 5) is 37.0. The highest BCUT2D eigenvalue weighted by Gasteiger charge is 2.44. The lowest BCUT2D eigenvalue weighted by molar-refractivity contribution is -0.150. The van der Waals surface area contributed by atoms with Crippen LogP contribution in [0.1, 0.15) is 142 Å². The first-order valence-corrected chi connectivity index (χ1v) is 23.4. The van der Waals surface area contributed by atoms with Gasteiger partial charge in [0.05, 0.1) is 13.5 Å². The first-order chi connectivity index (χ1) is 31.0. The van der Waals surface area contributed by atoms with Crippen molar-refractivity contribution in [3.05, 3.63) is 148 Å². The molecule has 0 bridgehead atoms. The Kier molecular flexibility index (Phi) is 12.1. The van der Waals surface area contributed by atoms with Crippen LogP contribution in [0.3, 0.4) is 0 Å². The molecular formula is C57H60O7. The maximum absolute atomic E-state index is 13.2. The van der Waals surface area contributed by atoms with Gasteiger partial charge in [-0.3, -0.25) is 9.59 Å². The highest BCUT2D eigenvalue weighted by atomic mass is 16.6. The van der Waals surface area contributed by atoms with Crippen molar-refractivity contribution in [3.8, 4) is 22.6 Å². The van der Waals surface area contributed by atoms with E-state index in [4.69, 9.17) is 18.9 Å². The molecule has 7 nitrogen and oxygen atoms in total. The molecule has 1 heterocycles. The molecule has 0 radical (unpaired) electrons. The number of carbonyl (C=O) groups is 3. The molecule has 0 spiro atoms. The second-order valence-electron chi connectivity index (χ2n) is 18.9. The summed E-state index contributed by atoms with van der Waals surface area (Å²) in [6, 6.07) is 33.2. The average Bonchev–Trinajstić information content (AvgIpc) is 3.58. The standard InChI is InChI=1S/C57H60O7/c1-36(2)55(60)63-33-32-62-51(59)29-28-49(58)40-22-20-37(21-23-40)38-24-26-42(27-25-38)57(41-16-10-7-11-17-41)31-30-44-53-52(43-18-12-13-19-48(43)56(53,3)4)46-34-45(39-14-8-6-9-15-39)50(61-5)35-47(46)54(44)64-57/h7,10-13,16-19,24-27,30-31,34-35,37,39-40H,1,6,8-9,14-15,20-23,28-29,32-33H2,2-5H3. The van der Waals surface area contributed by atoms with Crippen molar-refractivity contribution in [2.45, 2.75) is 114 Å². The van der Waals surface area contributed by atoms with E-state index in [2.05, 4.69) is 124 Å². The number of esters is 2. The van der Waals surface area contributed by atoms with E-state index in [1.165, 1.54) is 70.9 Å². The summed E-state index contributed by atoms with van der Waals surface area (Å²) in [5, 5.41) is 2.30. The Morgan fingerprint density at radius 1 is 0.750 bits per heavy atom. The van der Waals surface area contributed by atoms with E-state index in [0.29, 0.717) is 11.8 Å². The van der Waals surface area contributed by atoms with Crippen LogP contribution < -0.4 is 9.47 Å². The third-order valence-electron chi connectivity index (χ3n) is 14.6. The summed E-state index contributed by atoms with van der Waals surface area (Å²) in [5.41, 5.74) is 10.2. The van der Waals surface area contributed by atoms with Crippen molar-refractivity contribution in [1.29, 1.82) is 0 Å². The van der Waals surface area contributed by atoms with Crippen LogP contribution in [-0.2, 0) is 34.9 Å². The molecule has 1 aliphatic heterocycles. The Morgan fingerprint density at radius 2 is 1.44 bits per heavy atom. The number of hydrogen-bond acceptors (Lipinski definition) is 7. The smallest absolute Gasteiger partial charge is 0.333 e. The van der Waals surface area contributed by atoms with Gasteiger partial charge >= 0.3 is 11.9 Å². The minimum atomic E-state index is -0.890. The molecule has 2 fully saturated rings. The summed E-state index contributed by atoms with van der Waals surface area (Å²) in [6.07, 6.45) is 14.3. The van der Waals surface area contributed by atoms with Gasteiger partial charge in [-0.1, -0.05) is 125 Å². The summed E-state index contributed by atoms with van der Waals surface area (Å²) < 4.78 is 24.1. The number of carbonyl (C=O) groups excluding carboxylic acids is 3. The Hall–Kier alpha value is -5.95. The zero-order valence-electron chi connectivity index (χ0n) is 37.8. The fourth-order valence-electron chi connectivity index (χ4n) is 11.2.